The molecule has 2 unspecified atom stereocenters. The predicted molar refractivity (Wildman–Crippen MR) is 140 cm³/mol. The predicted octanol–water partition coefficient (Wildman–Crippen LogP) is 5.38. The van der Waals surface area contributed by atoms with Crippen molar-refractivity contribution < 1.29 is 9.59 Å². The van der Waals surface area contributed by atoms with Crippen molar-refractivity contribution in [3.05, 3.63) is 77.4 Å². The van der Waals surface area contributed by atoms with Crippen LogP contribution < -0.4 is 15.5 Å². The van der Waals surface area contributed by atoms with E-state index in [1.807, 2.05) is 75.4 Å². The Hall–Kier alpha value is -3.74. The number of hydrogen-bond donors (Lipinski definition) is 2. The number of amides is 2. The van der Waals surface area contributed by atoms with Crippen molar-refractivity contribution >= 4 is 28.9 Å². The van der Waals surface area contributed by atoms with Gasteiger partial charge in [-0.25, -0.2) is 9.97 Å². The van der Waals surface area contributed by atoms with Gasteiger partial charge in [0, 0.05) is 41.4 Å². The van der Waals surface area contributed by atoms with Crippen LogP contribution in [0.15, 0.2) is 54.6 Å². The summed E-state index contributed by atoms with van der Waals surface area (Å²) >= 11 is 0. The van der Waals surface area contributed by atoms with Crippen LogP contribution in [0.25, 0.3) is 0 Å². The van der Waals surface area contributed by atoms with Crippen molar-refractivity contribution in [1.29, 1.82) is 0 Å². The zero-order valence-electron chi connectivity index (χ0n) is 21.0. The van der Waals surface area contributed by atoms with Crippen LogP contribution in [0.4, 0.5) is 17.1 Å². The zero-order chi connectivity index (χ0) is 25.1. The van der Waals surface area contributed by atoms with Crippen LogP contribution in [-0.2, 0) is 9.59 Å². The number of hydrogen-bond acceptors (Lipinski definition) is 5. The Kier molecular flexibility index (Phi) is 7.15. The monoisotopic (exact) mass is 471 g/mol. The average Bonchev–Trinajstić information content (AvgIpc) is 3.21. The standard InChI is InChI=1S/C28H33N5O2/c1-17(2)24-8-6-7-9-25(24)33-16-21(15-26(33)34)28(35)32-23-12-10-22(11-13-23)31-20(5)27-29-18(3)14-19(4)30-27/h6-14,17,20-21,31H,15-16H2,1-5H3,(H,32,35). The first-order valence-corrected chi connectivity index (χ1v) is 12.1. The maximum absolute atomic E-state index is 12.9. The minimum absolute atomic E-state index is 0.0135. The van der Waals surface area contributed by atoms with Gasteiger partial charge in [-0.1, -0.05) is 32.0 Å². The Morgan fingerprint density at radius 2 is 1.60 bits per heavy atom. The van der Waals surface area contributed by atoms with E-state index in [2.05, 4.69) is 34.4 Å². The fourth-order valence-electron chi connectivity index (χ4n) is 4.49. The van der Waals surface area contributed by atoms with Crippen LogP contribution in [0.1, 0.15) is 61.9 Å². The molecule has 7 heteroatoms. The van der Waals surface area contributed by atoms with Crippen molar-refractivity contribution in [2.24, 2.45) is 5.92 Å². The molecule has 1 aliphatic rings. The van der Waals surface area contributed by atoms with Crippen molar-refractivity contribution in [2.45, 2.75) is 53.0 Å². The van der Waals surface area contributed by atoms with E-state index >= 15 is 0 Å². The van der Waals surface area contributed by atoms with Gasteiger partial charge in [-0.15, -0.1) is 0 Å². The van der Waals surface area contributed by atoms with Crippen LogP contribution in [-0.4, -0.2) is 28.3 Å². The third kappa shape index (κ3) is 5.67. The molecule has 0 saturated carbocycles. The lowest BCUT2D eigenvalue weighted by atomic mass is 10.0. The number of carbonyl (C=O) groups excluding carboxylic acids is 2. The lowest BCUT2D eigenvalue weighted by Crippen LogP contribution is -2.29. The quantitative estimate of drug-likeness (QED) is 0.483. The summed E-state index contributed by atoms with van der Waals surface area (Å²) in [6.07, 6.45) is 0.214. The summed E-state index contributed by atoms with van der Waals surface area (Å²) in [5.74, 6) is 0.501. The van der Waals surface area contributed by atoms with Gasteiger partial charge < -0.3 is 15.5 Å². The summed E-state index contributed by atoms with van der Waals surface area (Å²) < 4.78 is 0. The summed E-state index contributed by atoms with van der Waals surface area (Å²) in [5, 5.41) is 6.37. The molecular formula is C28H33N5O2. The normalized spacial score (nSPS) is 16.5. The molecule has 3 aromatic rings. The third-order valence-electron chi connectivity index (χ3n) is 6.27. The average molecular weight is 472 g/mol. The van der Waals surface area contributed by atoms with Crippen molar-refractivity contribution in [3.8, 4) is 0 Å². The van der Waals surface area contributed by atoms with Gasteiger partial charge in [0.05, 0.1) is 12.0 Å². The van der Waals surface area contributed by atoms with Crippen molar-refractivity contribution in [1.82, 2.24) is 9.97 Å². The van der Waals surface area contributed by atoms with Gasteiger partial charge in [0.25, 0.3) is 0 Å². The Balaban J connectivity index is 1.38. The lowest BCUT2D eigenvalue weighted by molar-refractivity contribution is -0.122. The largest absolute Gasteiger partial charge is 0.375 e. The van der Waals surface area contributed by atoms with Crippen LogP contribution in [0, 0.1) is 19.8 Å². The van der Waals surface area contributed by atoms with E-state index in [0.717, 1.165) is 34.2 Å². The first-order chi connectivity index (χ1) is 16.7. The van der Waals surface area contributed by atoms with E-state index in [4.69, 9.17) is 0 Å². The van der Waals surface area contributed by atoms with Crippen LogP contribution in [0.2, 0.25) is 0 Å². The second-order valence-electron chi connectivity index (χ2n) is 9.56. The van der Waals surface area contributed by atoms with E-state index in [1.165, 1.54) is 0 Å². The van der Waals surface area contributed by atoms with Crippen LogP contribution >= 0.6 is 0 Å². The molecule has 182 valence electrons. The smallest absolute Gasteiger partial charge is 0.229 e. The van der Waals surface area contributed by atoms with Gasteiger partial charge >= 0.3 is 0 Å². The number of para-hydroxylation sites is 1. The molecule has 0 bridgehead atoms. The van der Waals surface area contributed by atoms with Crippen molar-refractivity contribution in [3.63, 3.8) is 0 Å². The number of nitrogens with zero attached hydrogens (tertiary/aromatic N) is 3. The van der Waals surface area contributed by atoms with Gasteiger partial charge in [-0.2, -0.15) is 0 Å². The fraction of sp³-hybridized carbons (Fsp3) is 0.357. The molecule has 2 amide bonds. The van der Waals surface area contributed by atoms with E-state index in [9.17, 15) is 9.59 Å². The second kappa shape index (κ2) is 10.3. The first-order valence-electron chi connectivity index (χ1n) is 12.1. The maximum Gasteiger partial charge on any atom is 0.229 e. The van der Waals surface area contributed by atoms with Crippen molar-refractivity contribution in [2.75, 3.05) is 22.1 Å². The number of nitrogens with one attached hydrogen (secondary N) is 2. The van der Waals surface area contributed by atoms with Crippen LogP contribution in [0.5, 0.6) is 0 Å². The molecular weight excluding hydrogens is 438 g/mol. The number of benzene rings is 2. The van der Waals surface area contributed by atoms with Gasteiger partial charge in [0.1, 0.15) is 0 Å². The highest BCUT2D eigenvalue weighted by molar-refractivity contribution is 6.04. The molecule has 4 rings (SSSR count). The van der Waals surface area contributed by atoms with Gasteiger partial charge in [-0.05, 0) is 68.7 Å². The van der Waals surface area contributed by atoms with E-state index < -0.39 is 0 Å². The molecule has 0 radical (unpaired) electrons. The highest BCUT2D eigenvalue weighted by Crippen LogP contribution is 2.32. The minimum Gasteiger partial charge on any atom is -0.375 e. The number of aryl methyl sites for hydroxylation is 2. The first kappa shape index (κ1) is 24.4. The number of rotatable bonds is 7. The molecule has 2 heterocycles. The summed E-state index contributed by atoms with van der Waals surface area (Å²) in [5.41, 5.74) is 5.51. The van der Waals surface area contributed by atoms with E-state index in [1.54, 1.807) is 4.90 Å². The SMILES string of the molecule is Cc1cc(C)nc(C(C)Nc2ccc(NC(=O)C3CC(=O)N(c4ccccc4C(C)C)C3)cc2)n1. The molecule has 0 aliphatic carbocycles. The zero-order valence-corrected chi connectivity index (χ0v) is 21.0. The molecule has 2 aromatic carbocycles. The molecule has 1 aliphatic heterocycles. The minimum atomic E-state index is -0.387. The fourth-order valence-corrected chi connectivity index (χ4v) is 4.49. The third-order valence-corrected chi connectivity index (χ3v) is 6.27. The topological polar surface area (TPSA) is 87.2 Å². The number of aromatic nitrogens is 2. The van der Waals surface area contributed by atoms with Crippen LogP contribution in [0.3, 0.4) is 0 Å². The molecule has 0 spiro atoms. The lowest BCUT2D eigenvalue weighted by Gasteiger charge is -2.22. The summed E-state index contributed by atoms with van der Waals surface area (Å²) in [6.45, 7) is 10.5. The van der Waals surface area contributed by atoms with Gasteiger partial charge in [0.15, 0.2) is 5.82 Å². The van der Waals surface area contributed by atoms with Gasteiger partial charge in [0.2, 0.25) is 11.8 Å². The molecule has 1 aromatic heterocycles. The second-order valence-corrected chi connectivity index (χ2v) is 9.56. The van der Waals surface area contributed by atoms with Gasteiger partial charge in [-0.3, -0.25) is 9.59 Å². The Morgan fingerprint density at radius 1 is 0.971 bits per heavy atom. The summed E-state index contributed by atoms with van der Waals surface area (Å²) in [7, 11) is 0. The molecule has 2 N–H and O–H groups in total. The molecule has 2 atom stereocenters. The highest BCUT2D eigenvalue weighted by Gasteiger charge is 2.36. The maximum atomic E-state index is 12.9. The number of anilines is 3. The Labute approximate surface area is 207 Å². The molecule has 1 saturated heterocycles. The molecule has 7 nitrogen and oxygen atoms in total. The van der Waals surface area contributed by atoms with E-state index in [-0.39, 0.29) is 30.2 Å². The number of carbonyl (C=O) groups is 2. The highest BCUT2D eigenvalue weighted by atomic mass is 16.2. The Bertz CT molecular complexity index is 1200. The molecule has 1 fully saturated rings. The summed E-state index contributed by atoms with van der Waals surface area (Å²) in [4.78, 5) is 36.5. The molecule has 35 heavy (non-hydrogen) atoms. The Morgan fingerprint density at radius 3 is 2.26 bits per heavy atom. The summed E-state index contributed by atoms with van der Waals surface area (Å²) in [6, 6.07) is 17.4. The van der Waals surface area contributed by atoms with E-state index in [0.29, 0.717) is 18.2 Å².